The number of aromatic nitrogens is 1. The molecular formula is C24H29N3O2. The van der Waals surface area contributed by atoms with Crippen LogP contribution >= 0.6 is 0 Å². The Morgan fingerprint density at radius 3 is 2.59 bits per heavy atom. The molecule has 1 amide bonds. The smallest absolute Gasteiger partial charge is 0.251 e. The van der Waals surface area contributed by atoms with Gasteiger partial charge in [-0.25, -0.2) is 0 Å². The largest absolute Gasteiger partial charge is 0.373 e. The van der Waals surface area contributed by atoms with Crippen LogP contribution < -0.4 is 5.32 Å². The van der Waals surface area contributed by atoms with E-state index in [4.69, 9.17) is 4.74 Å². The van der Waals surface area contributed by atoms with Crippen molar-refractivity contribution in [2.24, 2.45) is 0 Å². The molecule has 2 N–H and O–H groups in total. The van der Waals surface area contributed by atoms with Gasteiger partial charge in [0.2, 0.25) is 0 Å². The number of nitrogens with zero attached hydrogens (tertiary/aromatic N) is 1. The standard InChI is InChI=1S/C24H29N3O2/c1-17-14-27(15-18(2)29-17)16-19-7-9-20(10-8-19)24(28)25-12-11-21-13-26-23-6-4-3-5-22(21)23/h3-10,13,17-18,26H,11-12,14-16H2,1-2H3,(H,25,28)/t17-,18-/m1/s1. The molecule has 2 aromatic carbocycles. The number of ether oxygens (including phenoxy) is 1. The van der Waals surface area contributed by atoms with Crippen molar-refractivity contribution >= 4 is 16.8 Å². The summed E-state index contributed by atoms with van der Waals surface area (Å²) in [5, 5.41) is 4.25. The minimum absolute atomic E-state index is 0.0231. The van der Waals surface area contributed by atoms with Crippen molar-refractivity contribution < 1.29 is 9.53 Å². The Bertz CT molecular complexity index is 954. The number of fused-ring (bicyclic) bond motifs is 1. The topological polar surface area (TPSA) is 57.4 Å². The van der Waals surface area contributed by atoms with Gasteiger partial charge in [-0.2, -0.15) is 0 Å². The van der Waals surface area contributed by atoms with Gasteiger partial charge in [-0.15, -0.1) is 0 Å². The van der Waals surface area contributed by atoms with E-state index in [1.807, 2.05) is 30.5 Å². The van der Waals surface area contributed by atoms with Gasteiger partial charge in [0, 0.05) is 48.8 Å². The van der Waals surface area contributed by atoms with E-state index in [-0.39, 0.29) is 18.1 Å². The third-order valence-electron chi connectivity index (χ3n) is 5.47. The molecule has 2 heterocycles. The van der Waals surface area contributed by atoms with E-state index in [2.05, 4.69) is 53.3 Å². The van der Waals surface area contributed by atoms with E-state index < -0.39 is 0 Å². The number of morpholine rings is 1. The molecule has 3 aromatic rings. The van der Waals surface area contributed by atoms with Gasteiger partial charge in [0.25, 0.3) is 5.91 Å². The van der Waals surface area contributed by atoms with Gasteiger partial charge >= 0.3 is 0 Å². The van der Waals surface area contributed by atoms with Crippen LogP contribution in [0, 0.1) is 0 Å². The molecule has 0 spiro atoms. The number of nitrogens with one attached hydrogen (secondary N) is 2. The Labute approximate surface area is 172 Å². The van der Waals surface area contributed by atoms with E-state index >= 15 is 0 Å². The third kappa shape index (κ3) is 4.86. The first kappa shape index (κ1) is 19.7. The van der Waals surface area contributed by atoms with Crippen LogP contribution in [0.2, 0.25) is 0 Å². The van der Waals surface area contributed by atoms with E-state index in [0.29, 0.717) is 12.1 Å². The average molecular weight is 392 g/mol. The normalized spacial score (nSPS) is 20.1. The second-order valence-electron chi connectivity index (χ2n) is 8.01. The maximum atomic E-state index is 12.5. The average Bonchev–Trinajstić information content (AvgIpc) is 3.11. The van der Waals surface area contributed by atoms with Gasteiger partial charge in [0.05, 0.1) is 12.2 Å². The van der Waals surface area contributed by atoms with Crippen molar-refractivity contribution in [3.05, 3.63) is 71.4 Å². The van der Waals surface area contributed by atoms with Crippen LogP contribution in [0.1, 0.15) is 35.3 Å². The maximum absolute atomic E-state index is 12.5. The van der Waals surface area contributed by atoms with Gasteiger partial charge in [-0.05, 0) is 49.6 Å². The third-order valence-corrected chi connectivity index (χ3v) is 5.47. The molecule has 1 aliphatic rings. The molecule has 1 aromatic heterocycles. The lowest BCUT2D eigenvalue weighted by atomic mass is 10.1. The highest BCUT2D eigenvalue weighted by molar-refractivity contribution is 5.94. The zero-order valence-corrected chi connectivity index (χ0v) is 17.2. The number of hydrogen-bond donors (Lipinski definition) is 2. The van der Waals surface area contributed by atoms with Crippen molar-refractivity contribution in [1.82, 2.24) is 15.2 Å². The molecule has 1 fully saturated rings. The number of benzene rings is 2. The van der Waals surface area contributed by atoms with Crippen LogP contribution in [0.4, 0.5) is 0 Å². The number of amides is 1. The number of H-pyrrole nitrogens is 1. The lowest BCUT2D eigenvalue weighted by Gasteiger charge is -2.35. The lowest BCUT2D eigenvalue weighted by molar-refractivity contribution is -0.0704. The molecule has 0 bridgehead atoms. The number of hydrogen-bond acceptors (Lipinski definition) is 3. The second kappa shape index (κ2) is 8.80. The van der Waals surface area contributed by atoms with Crippen LogP contribution in [-0.4, -0.2) is 47.6 Å². The van der Waals surface area contributed by atoms with E-state index in [1.165, 1.54) is 16.5 Å². The molecule has 5 nitrogen and oxygen atoms in total. The maximum Gasteiger partial charge on any atom is 0.251 e. The summed E-state index contributed by atoms with van der Waals surface area (Å²) >= 11 is 0. The summed E-state index contributed by atoms with van der Waals surface area (Å²) < 4.78 is 5.80. The van der Waals surface area contributed by atoms with Crippen molar-refractivity contribution in [3.63, 3.8) is 0 Å². The predicted molar refractivity (Wildman–Crippen MR) is 116 cm³/mol. The number of carbonyl (C=O) groups is 1. The Kier molecular flexibility index (Phi) is 5.97. The minimum Gasteiger partial charge on any atom is -0.373 e. The number of carbonyl (C=O) groups excluding carboxylic acids is 1. The van der Waals surface area contributed by atoms with Crippen LogP contribution in [0.25, 0.3) is 10.9 Å². The van der Waals surface area contributed by atoms with E-state index in [0.717, 1.165) is 31.6 Å². The van der Waals surface area contributed by atoms with Gasteiger partial charge in [0.1, 0.15) is 0 Å². The molecule has 29 heavy (non-hydrogen) atoms. The highest BCUT2D eigenvalue weighted by Crippen LogP contribution is 2.18. The minimum atomic E-state index is -0.0231. The fraction of sp³-hybridized carbons (Fsp3) is 0.375. The first-order valence-corrected chi connectivity index (χ1v) is 10.4. The molecule has 5 heteroatoms. The molecule has 1 aliphatic heterocycles. The summed E-state index contributed by atoms with van der Waals surface area (Å²) in [5.74, 6) is -0.0231. The van der Waals surface area contributed by atoms with Crippen molar-refractivity contribution in [2.75, 3.05) is 19.6 Å². The number of para-hydroxylation sites is 1. The molecular weight excluding hydrogens is 362 g/mol. The highest BCUT2D eigenvalue weighted by atomic mass is 16.5. The predicted octanol–water partition coefficient (Wildman–Crippen LogP) is 3.75. The van der Waals surface area contributed by atoms with Gasteiger partial charge in [-0.3, -0.25) is 9.69 Å². The van der Waals surface area contributed by atoms with Crippen LogP contribution in [0.3, 0.4) is 0 Å². The molecule has 0 aliphatic carbocycles. The van der Waals surface area contributed by atoms with Gasteiger partial charge in [-0.1, -0.05) is 30.3 Å². The molecule has 0 unspecified atom stereocenters. The SMILES string of the molecule is C[C@@H]1CN(Cc2ccc(C(=O)NCCc3c[nH]c4ccccc34)cc2)C[C@@H](C)O1. The van der Waals surface area contributed by atoms with Gasteiger partial charge < -0.3 is 15.0 Å². The fourth-order valence-corrected chi connectivity index (χ4v) is 4.18. The van der Waals surface area contributed by atoms with Crippen molar-refractivity contribution in [1.29, 1.82) is 0 Å². The lowest BCUT2D eigenvalue weighted by Crippen LogP contribution is -2.44. The van der Waals surface area contributed by atoms with Crippen molar-refractivity contribution in [3.8, 4) is 0 Å². The molecule has 0 saturated carbocycles. The van der Waals surface area contributed by atoms with Crippen molar-refractivity contribution in [2.45, 2.75) is 39.0 Å². The first-order valence-electron chi connectivity index (χ1n) is 10.4. The fourth-order valence-electron chi connectivity index (χ4n) is 4.18. The van der Waals surface area contributed by atoms with Crippen LogP contribution in [0.5, 0.6) is 0 Å². The molecule has 4 rings (SSSR count). The van der Waals surface area contributed by atoms with Crippen LogP contribution in [-0.2, 0) is 17.7 Å². The highest BCUT2D eigenvalue weighted by Gasteiger charge is 2.22. The molecule has 0 radical (unpaired) electrons. The quantitative estimate of drug-likeness (QED) is 0.673. The van der Waals surface area contributed by atoms with Crippen LogP contribution in [0.15, 0.2) is 54.7 Å². The summed E-state index contributed by atoms with van der Waals surface area (Å²) in [5.41, 5.74) is 4.29. The molecule has 1 saturated heterocycles. The number of rotatable bonds is 6. The second-order valence-corrected chi connectivity index (χ2v) is 8.01. The van der Waals surface area contributed by atoms with E-state index in [1.54, 1.807) is 0 Å². The van der Waals surface area contributed by atoms with E-state index in [9.17, 15) is 4.79 Å². The zero-order valence-electron chi connectivity index (χ0n) is 17.2. The first-order chi connectivity index (χ1) is 14.1. The Morgan fingerprint density at radius 1 is 1.10 bits per heavy atom. The van der Waals surface area contributed by atoms with Gasteiger partial charge in [0.15, 0.2) is 0 Å². The summed E-state index contributed by atoms with van der Waals surface area (Å²) in [4.78, 5) is 18.2. The Morgan fingerprint density at radius 2 is 1.83 bits per heavy atom. The summed E-state index contributed by atoms with van der Waals surface area (Å²) in [6.45, 7) is 7.63. The number of aromatic amines is 1. The molecule has 2 atom stereocenters. The summed E-state index contributed by atoms with van der Waals surface area (Å²) in [7, 11) is 0. The molecule has 152 valence electrons. The Hall–Kier alpha value is -2.63. The summed E-state index contributed by atoms with van der Waals surface area (Å²) in [6, 6.07) is 16.2. The zero-order chi connectivity index (χ0) is 20.2. The summed E-state index contributed by atoms with van der Waals surface area (Å²) in [6.07, 6.45) is 3.36. The Balaban J connectivity index is 1.29. The monoisotopic (exact) mass is 391 g/mol.